The van der Waals surface area contributed by atoms with Gasteiger partial charge in [-0.2, -0.15) is 39.5 Å². The molecule has 1 saturated carbocycles. The molecule has 1 aromatic rings. The molecule has 0 aromatic heterocycles. The zero-order valence-electron chi connectivity index (χ0n) is 25.1. The van der Waals surface area contributed by atoms with Crippen molar-refractivity contribution in [3.8, 4) is 0 Å². The summed E-state index contributed by atoms with van der Waals surface area (Å²) in [5.41, 5.74) is -4.74. The number of piperidine rings is 1. The summed E-state index contributed by atoms with van der Waals surface area (Å²) in [6.07, 6.45) is -16.6. The van der Waals surface area contributed by atoms with Crippen LogP contribution < -0.4 is 0 Å². The van der Waals surface area contributed by atoms with Gasteiger partial charge in [0.2, 0.25) is 0 Å². The van der Waals surface area contributed by atoms with Crippen LogP contribution in [0.15, 0.2) is 18.2 Å². The normalized spacial score (nSPS) is 22.8. The second kappa shape index (κ2) is 11.8. The first-order valence-corrected chi connectivity index (χ1v) is 14.8. The Bertz CT molecular complexity index is 1240. The Morgan fingerprint density at radius 1 is 0.911 bits per heavy atom. The van der Waals surface area contributed by atoms with Gasteiger partial charge in [0.25, 0.3) is 0 Å². The van der Waals surface area contributed by atoms with Crippen LogP contribution in [0.4, 0.5) is 44.3 Å². The molecule has 2 heterocycles. The van der Waals surface area contributed by atoms with E-state index < -0.39 is 84.1 Å². The van der Waals surface area contributed by atoms with Crippen LogP contribution in [0.1, 0.15) is 82.4 Å². The monoisotopic (exact) mass is 660 g/mol. The lowest BCUT2D eigenvalue weighted by Gasteiger charge is -2.44. The van der Waals surface area contributed by atoms with Crippen LogP contribution in [0.2, 0.25) is 0 Å². The number of alkyl halides is 9. The minimum atomic E-state index is -5.62. The predicted octanol–water partition coefficient (Wildman–Crippen LogP) is 7.93. The predicted molar refractivity (Wildman–Crippen MR) is 143 cm³/mol. The number of halogens is 9. The van der Waals surface area contributed by atoms with E-state index in [4.69, 9.17) is 4.74 Å². The van der Waals surface area contributed by atoms with Crippen molar-refractivity contribution in [2.24, 2.45) is 11.8 Å². The van der Waals surface area contributed by atoms with E-state index in [1.807, 2.05) is 0 Å². The van der Waals surface area contributed by atoms with Crippen LogP contribution >= 0.6 is 0 Å². The minimum absolute atomic E-state index is 0.0223. The highest BCUT2D eigenvalue weighted by Crippen LogP contribution is 2.53. The van der Waals surface area contributed by atoms with Gasteiger partial charge in [0.05, 0.1) is 11.0 Å². The standard InChI is InChI=1S/C30H37F9N2O4/c1-25(2,3)45-23(42)27(6-4-5-7-27)20-12-18(13-21(14-20)28(31,32)33)16-41-17-19(22(29(34,35)36)30(37,38)39)15-26(41)8-10-40(11-9-26)24(43)44/h12-14,19,22H,4-11,15-17H2,1-3H3,(H,43,44). The van der Waals surface area contributed by atoms with Crippen molar-refractivity contribution in [3.63, 3.8) is 0 Å². The number of carbonyl (C=O) groups excluding carboxylic acids is 1. The van der Waals surface area contributed by atoms with Crippen LogP contribution in [0, 0.1) is 11.8 Å². The number of benzene rings is 1. The third-order valence-electron chi connectivity index (χ3n) is 9.40. The van der Waals surface area contributed by atoms with Gasteiger partial charge in [-0.3, -0.25) is 9.69 Å². The first-order valence-electron chi connectivity index (χ1n) is 14.8. The molecule has 3 fully saturated rings. The molecule has 2 saturated heterocycles. The van der Waals surface area contributed by atoms with Crippen molar-refractivity contribution in [2.75, 3.05) is 19.6 Å². The second-order valence-corrected chi connectivity index (χ2v) is 13.6. The Labute approximate surface area is 254 Å². The van der Waals surface area contributed by atoms with Gasteiger partial charge in [-0.1, -0.05) is 18.9 Å². The Morgan fingerprint density at radius 3 is 1.93 bits per heavy atom. The Hall–Kier alpha value is -2.71. The van der Waals surface area contributed by atoms with Gasteiger partial charge in [-0.25, -0.2) is 4.79 Å². The number of hydrogen-bond donors (Lipinski definition) is 1. The molecule has 0 bridgehead atoms. The van der Waals surface area contributed by atoms with E-state index in [-0.39, 0.29) is 49.9 Å². The van der Waals surface area contributed by atoms with Crippen LogP contribution in [0.3, 0.4) is 0 Å². The fraction of sp³-hybridized carbons (Fsp3) is 0.733. The summed E-state index contributed by atoms with van der Waals surface area (Å²) in [4.78, 5) is 27.3. The first-order chi connectivity index (χ1) is 20.5. The average molecular weight is 661 g/mol. The fourth-order valence-electron chi connectivity index (χ4n) is 7.38. The molecule has 0 radical (unpaired) electrons. The number of carboxylic acid groups (broad SMARTS) is 1. The van der Waals surface area contributed by atoms with E-state index in [1.165, 1.54) is 11.0 Å². The maximum atomic E-state index is 14.2. The summed E-state index contributed by atoms with van der Waals surface area (Å²) in [7, 11) is 0. The van der Waals surface area contributed by atoms with Crippen LogP contribution in [0.5, 0.6) is 0 Å². The molecular formula is C30H37F9N2O4. The lowest BCUT2D eigenvalue weighted by molar-refractivity contribution is -0.297. The van der Waals surface area contributed by atoms with Gasteiger partial charge >= 0.3 is 30.6 Å². The molecule has 254 valence electrons. The molecule has 15 heteroatoms. The largest absolute Gasteiger partial charge is 0.465 e. The number of rotatable bonds is 5. The molecule has 45 heavy (non-hydrogen) atoms. The summed E-state index contributed by atoms with van der Waals surface area (Å²) in [6, 6.07) is 3.05. The van der Waals surface area contributed by atoms with Crippen LogP contribution in [-0.4, -0.2) is 70.1 Å². The summed E-state index contributed by atoms with van der Waals surface area (Å²) in [5, 5.41) is 9.38. The van der Waals surface area contributed by atoms with Gasteiger partial charge in [-0.15, -0.1) is 0 Å². The van der Waals surface area contributed by atoms with Gasteiger partial charge in [0.15, 0.2) is 5.92 Å². The van der Waals surface area contributed by atoms with E-state index in [0.717, 1.165) is 17.0 Å². The lowest BCUT2D eigenvalue weighted by Crippen LogP contribution is -2.52. The smallest absolute Gasteiger partial charge is 0.416 e. The highest BCUT2D eigenvalue weighted by molar-refractivity contribution is 5.84. The number of likely N-dealkylation sites (tertiary alicyclic amines) is 2. The summed E-state index contributed by atoms with van der Waals surface area (Å²) in [6.45, 7) is 3.43. The molecule has 3 aliphatic rings. The second-order valence-electron chi connectivity index (χ2n) is 13.6. The number of ether oxygens (including phenoxy) is 1. The molecule has 1 aromatic carbocycles. The quantitative estimate of drug-likeness (QED) is 0.257. The zero-order chi connectivity index (χ0) is 33.8. The van der Waals surface area contributed by atoms with E-state index in [0.29, 0.717) is 12.8 Å². The zero-order valence-corrected chi connectivity index (χ0v) is 25.1. The van der Waals surface area contributed by atoms with Gasteiger partial charge in [0.1, 0.15) is 5.60 Å². The Balaban J connectivity index is 1.78. The Kier molecular flexibility index (Phi) is 9.24. The molecule has 4 rings (SSSR count). The SMILES string of the molecule is CC(C)(C)OC(=O)C1(c2cc(CN3CC(C(C(F)(F)F)C(F)(F)F)CC34CCN(C(=O)O)CC4)cc(C(F)(F)F)c2)CCCC1. The maximum absolute atomic E-state index is 14.2. The highest BCUT2D eigenvalue weighted by Gasteiger charge is 2.64. The molecular weight excluding hydrogens is 623 g/mol. The highest BCUT2D eigenvalue weighted by atomic mass is 19.4. The van der Waals surface area contributed by atoms with E-state index in [2.05, 4.69) is 0 Å². The molecule has 2 aliphatic heterocycles. The third-order valence-corrected chi connectivity index (χ3v) is 9.40. The third kappa shape index (κ3) is 7.48. The summed E-state index contributed by atoms with van der Waals surface area (Å²) < 4.78 is 131. The average Bonchev–Trinajstić information content (AvgIpc) is 3.47. The maximum Gasteiger partial charge on any atom is 0.416 e. The number of esters is 1. The van der Waals surface area contributed by atoms with Crippen molar-refractivity contribution in [1.29, 1.82) is 0 Å². The summed E-state index contributed by atoms with van der Waals surface area (Å²) in [5.74, 6) is -6.31. The molecule has 1 amide bonds. The molecule has 1 N–H and O–H groups in total. The van der Waals surface area contributed by atoms with E-state index >= 15 is 0 Å². The van der Waals surface area contributed by atoms with Gasteiger partial charge in [0, 0.05) is 31.7 Å². The van der Waals surface area contributed by atoms with Crippen molar-refractivity contribution >= 4 is 12.1 Å². The lowest BCUT2D eigenvalue weighted by atomic mass is 9.77. The van der Waals surface area contributed by atoms with Crippen molar-refractivity contribution < 1.29 is 58.9 Å². The van der Waals surface area contributed by atoms with Gasteiger partial charge in [-0.05, 0) is 82.1 Å². The molecule has 1 unspecified atom stereocenters. The van der Waals surface area contributed by atoms with Crippen molar-refractivity contribution in [3.05, 3.63) is 34.9 Å². The summed E-state index contributed by atoms with van der Waals surface area (Å²) >= 11 is 0. The van der Waals surface area contributed by atoms with Crippen molar-refractivity contribution in [1.82, 2.24) is 9.80 Å². The van der Waals surface area contributed by atoms with E-state index in [9.17, 15) is 54.2 Å². The molecule has 1 spiro atoms. The molecule has 1 atom stereocenters. The Morgan fingerprint density at radius 2 is 1.47 bits per heavy atom. The number of carbonyl (C=O) groups is 2. The topological polar surface area (TPSA) is 70.1 Å². The van der Waals surface area contributed by atoms with Gasteiger partial charge < -0.3 is 14.7 Å². The number of hydrogen-bond acceptors (Lipinski definition) is 4. The van der Waals surface area contributed by atoms with E-state index in [1.54, 1.807) is 20.8 Å². The van der Waals surface area contributed by atoms with Crippen LogP contribution in [0.25, 0.3) is 0 Å². The fourth-order valence-corrected chi connectivity index (χ4v) is 7.38. The number of amides is 1. The number of nitrogens with zero attached hydrogens (tertiary/aromatic N) is 2. The molecule has 1 aliphatic carbocycles. The molecule has 6 nitrogen and oxygen atoms in total. The minimum Gasteiger partial charge on any atom is -0.465 e. The first kappa shape index (κ1) is 35.1. The van der Waals surface area contributed by atoms with Crippen molar-refractivity contribution in [2.45, 2.75) is 107 Å². The van der Waals surface area contributed by atoms with Crippen LogP contribution in [-0.2, 0) is 27.7 Å².